The minimum Gasteiger partial charge on any atom is -0.296 e. The lowest BCUT2D eigenvalue weighted by atomic mass is 10.0. The van der Waals surface area contributed by atoms with Crippen LogP contribution in [0.15, 0.2) is 42.5 Å². The molecular weight excluding hydrogens is 274 g/mol. The van der Waals surface area contributed by atoms with Gasteiger partial charge < -0.3 is 0 Å². The first-order valence-electron chi connectivity index (χ1n) is 7.16. The highest BCUT2D eigenvalue weighted by molar-refractivity contribution is 5.85. The molecule has 0 N–H and O–H groups in total. The van der Waals surface area contributed by atoms with Crippen molar-refractivity contribution >= 4 is 6.29 Å². The van der Waals surface area contributed by atoms with Crippen LogP contribution >= 0.6 is 0 Å². The maximum atomic E-state index is 11.4. The second kappa shape index (κ2) is 5.56. The molecule has 0 aliphatic rings. The standard InChI is InChI=1S/C18H17N3O/c1-12-8-9-15(10-14(12)3)21-18(17(11-22)19-20-21)16-7-5-4-6-13(16)2/h4-11H,1-3H3. The van der Waals surface area contributed by atoms with Crippen LogP contribution in [0.4, 0.5) is 0 Å². The van der Waals surface area contributed by atoms with E-state index in [1.165, 1.54) is 11.1 Å². The molecule has 0 radical (unpaired) electrons. The SMILES string of the molecule is Cc1ccc(-n2nnc(C=O)c2-c2ccccc2C)cc1C. The van der Waals surface area contributed by atoms with Gasteiger partial charge in [-0.15, -0.1) is 5.10 Å². The van der Waals surface area contributed by atoms with Gasteiger partial charge in [0.2, 0.25) is 0 Å². The maximum absolute atomic E-state index is 11.4. The largest absolute Gasteiger partial charge is 0.296 e. The molecule has 0 spiro atoms. The van der Waals surface area contributed by atoms with E-state index < -0.39 is 0 Å². The first-order chi connectivity index (χ1) is 10.6. The number of carbonyl (C=O) groups excluding carboxylic acids is 1. The highest BCUT2D eigenvalue weighted by atomic mass is 16.1. The van der Waals surface area contributed by atoms with Crippen LogP contribution in [0.2, 0.25) is 0 Å². The maximum Gasteiger partial charge on any atom is 0.172 e. The van der Waals surface area contributed by atoms with E-state index >= 15 is 0 Å². The van der Waals surface area contributed by atoms with Crippen molar-refractivity contribution in [1.82, 2.24) is 15.0 Å². The van der Waals surface area contributed by atoms with Gasteiger partial charge in [0, 0.05) is 5.56 Å². The number of hydrogen-bond donors (Lipinski definition) is 0. The molecule has 3 aromatic rings. The molecule has 0 aliphatic heterocycles. The quantitative estimate of drug-likeness (QED) is 0.692. The number of benzene rings is 2. The zero-order chi connectivity index (χ0) is 15.7. The first-order valence-corrected chi connectivity index (χ1v) is 7.16. The summed E-state index contributed by atoms with van der Waals surface area (Å²) in [6.07, 6.45) is 0.756. The molecule has 3 rings (SSSR count). The third kappa shape index (κ3) is 2.33. The predicted octanol–water partition coefficient (Wildman–Crippen LogP) is 3.67. The Kier molecular flexibility index (Phi) is 3.59. The van der Waals surface area contributed by atoms with E-state index in [4.69, 9.17) is 0 Å². The van der Waals surface area contributed by atoms with Gasteiger partial charge in [-0.3, -0.25) is 4.79 Å². The van der Waals surface area contributed by atoms with E-state index in [1.807, 2.05) is 37.3 Å². The molecule has 4 heteroatoms. The normalized spacial score (nSPS) is 10.7. The van der Waals surface area contributed by atoms with Gasteiger partial charge in [-0.1, -0.05) is 35.5 Å². The fourth-order valence-corrected chi connectivity index (χ4v) is 2.50. The summed E-state index contributed by atoms with van der Waals surface area (Å²) in [5, 5.41) is 8.21. The van der Waals surface area contributed by atoms with Gasteiger partial charge in [0.15, 0.2) is 12.0 Å². The zero-order valence-corrected chi connectivity index (χ0v) is 12.9. The van der Waals surface area contributed by atoms with Crippen LogP contribution in [0.25, 0.3) is 16.9 Å². The topological polar surface area (TPSA) is 47.8 Å². The highest BCUT2D eigenvalue weighted by Gasteiger charge is 2.17. The Morgan fingerprint density at radius 2 is 1.73 bits per heavy atom. The van der Waals surface area contributed by atoms with Crippen molar-refractivity contribution in [2.45, 2.75) is 20.8 Å². The summed E-state index contributed by atoms with van der Waals surface area (Å²) in [6, 6.07) is 14.0. The highest BCUT2D eigenvalue weighted by Crippen LogP contribution is 2.27. The fourth-order valence-electron chi connectivity index (χ4n) is 2.50. The second-order valence-corrected chi connectivity index (χ2v) is 5.44. The molecule has 0 aliphatic carbocycles. The van der Waals surface area contributed by atoms with E-state index in [2.05, 4.69) is 36.3 Å². The lowest BCUT2D eigenvalue weighted by Gasteiger charge is -2.11. The van der Waals surface area contributed by atoms with Crippen LogP contribution in [-0.4, -0.2) is 21.3 Å². The van der Waals surface area contributed by atoms with Gasteiger partial charge in [0.1, 0.15) is 5.69 Å². The number of hydrogen-bond acceptors (Lipinski definition) is 3. The summed E-state index contributed by atoms with van der Waals surface area (Å²) in [4.78, 5) is 11.4. The van der Waals surface area contributed by atoms with Gasteiger partial charge in [0.25, 0.3) is 0 Å². The first kappa shape index (κ1) is 14.2. The van der Waals surface area contributed by atoms with Crippen molar-refractivity contribution in [2.24, 2.45) is 0 Å². The van der Waals surface area contributed by atoms with Crippen LogP contribution < -0.4 is 0 Å². The molecule has 0 fully saturated rings. The molecular formula is C18H17N3O. The Hall–Kier alpha value is -2.75. The number of aryl methyl sites for hydroxylation is 3. The summed E-state index contributed by atoms with van der Waals surface area (Å²) in [5.41, 5.74) is 6.44. The molecule has 0 saturated carbocycles. The smallest absolute Gasteiger partial charge is 0.172 e. The van der Waals surface area contributed by atoms with Gasteiger partial charge in [-0.25, -0.2) is 4.68 Å². The van der Waals surface area contributed by atoms with E-state index in [0.29, 0.717) is 5.69 Å². The third-order valence-electron chi connectivity index (χ3n) is 3.94. The van der Waals surface area contributed by atoms with Crippen molar-refractivity contribution in [3.8, 4) is 16.9 Å². The summed E-state index contributed by atoms with van der Waals surface area (Å²) in [6.45, 7) is 6.14. The van der Waals surface area contributed by atoms with Gasteiger partial charge >= 0.3 is 0 Å². The van der Waals surface area contributed by atoms with Crippen molar-refractivity contribution in [3.05, 3.63) is 64.8 Å². The zero-order valence-electron chi connectivity index (χ0n) is 12.9. The fraction of sp³-hybridized carbons (Fsp3) is 0.167. The van der Waals surface area contributed by atoms with Crippen molar-refractivity contribution in [2.75, 3.05) is 0 Å². The Morgan fingerprint density at radius 1 is 0.955 bits per heavy atom. The molecule has 0 unspecified atom stereocenters. The molecule has 0 atom stereocenters. The molecule has 110 valence electrons. The Labute approximate surface area is 129 Å². The molecule has 0 amide bonds. The van der Waals surface area contributed by atoms with Crippen LogP contribution in [0.5, 0.6) is 0 Å². The monoisotopic (exact) mass is 291 g/mol. The summed E-state index contributed by atoms with van der Waals surface area (Å²) >= 11 is 0. The summed E-state index contributed by atoms with van der Waals surface area (Å²) in [7, 11) is 0. The number of carbonyl (C=O) groups is 1. The lowest BCUT2D eigenvalue weighted by molar-refractivity contribution is 0.111. The minimum atomic E-state index is 0.354. The lowest BCUT2D eigenvalue weighted by Crippen LogP contribution is -2.02. The minimum absolute atomic E-state index is 0.354. The Bertz CT molecular complexity index is 849. The predicted molar refractivity (Wildman–Crippen MR) is 86.4 cm³/mol. The molecule has 1 aromatic heterocycles. The van der Waals surface area contributed by atoms with Gasteiger partial charge in [-0.2, -0.15) is 0 Å². The van der Waals surface area contributed by atoms with Crippen molar-refractivity contribution in [1.29, 1.82) is 0 Å². The molecule has 2 aromatic carbocycles. The summed E-state index contributed by atoms with van der Waals surface area (Å²) in [5.74, 6) is 0. The molecule has 4 nitrogen and oxygen atoms in total. The number of rotatable bonds is 3. The van der Waals surface area contributed by atoms with Gasteiger partial charge in [0.05, 0.1) is 5.69 Å². The molecule has 0 saturated heterocycles. The number of aromatic nitrogens is 3. The Morgan fingerprint density at radius 3 is 2.41 bits per heavy atom. The van der Waals surface area contributed by atoms with E-state index in [1.54, 1.807) is 4.68 Å². The van der Waals surface area contributed by atoms with Crippen LogP contribution in [-0.2, 0) is 0 Å². The van der Waals surface area contributed by atoms with Crippen molar-refractivity contribution < 1.29 is 4.79 Å². The number of nitrogens with zero attached hydrogens (tertiary/aromatic N) is 3. The average molecular weight is 291 g/mol. The third-order valence-corrected chi connectivity index (χ3v) is 3.94. The number of aldehydes is 1. The molecule has 0 bridgehead atoms. The average Bonchev–Trinajstić information content (AvgIpc) is 2.94. The van der Waals surface area contributed by atoms with E-state index in [9.17, 15) is 4.79 Å². The van der Waals surface area contributed by atoms with Gasteiger partial charge in [-0.05, 0) is 49.6 Å². The van der Waals surface area contributed by atoms with E-state index in [-0.39, 0.29) is 0 Å². The van der Waals surface area contributed by atoms with Crippen LogP contribution in [0.3, 0.4) is 0 Å². The van der Waals surface area contributed by atoms with E-state index in [0.717, 1.165) is 28.8 Å². The van der Waals surface area contributed by atoms with Crippen molar-refractivity contribution in [3.63, 3.8) is 0 Å². The molecule has 1 heterocycles. The molecule has 22 heavy (non-hydrogen) atoms. The Balaban J connectivity index is 2.26. The van der Waals surface area contributed by atoms with Crippen LogP contribution in [0.1, 0.15) is 27.2 Å². The second-order valence-electron chi connectivity index (χ2n) is 5.44. The summed E-state index contributed by atoms with van der Waals surface area (Å²) < 4.78 is 1.73. The van der Waals surface area contributed by atoms with Crippen LogP contribution in [0, 0.1) is 20.8 Å².